The van der Waals surface area contributed by atoms with Crippen LogP contribution in [0.3, 0.4) is 0 Å². The Labute approximate surface area is 111 Å². The van der Waals surface area contributed by atoms with Crippen LogP contribution in [-0.2, 0) is 6.54 Å². The fourth-order valence-corrected chi connectivity index (χ4v) is 1.80. The highest BCUT2D eigenvalue weighted by Gasteiger charge is 2.12. The summed E-state index contributed by atoms with van der Waals surface area (Å²) in [6.07, 6.45) is 3.59. The van der Waals surface area contributed by atoms with Crippen LogP contribution in [0.4, 0.5) is 5.69 Å². The van der Waals surface area contributed by atoms with Gasteiger partial charge in [-0.3, -0.25) is 4.79 Å². The molecule has 0 atom stereocenters. The Balaban J connectivity index is 2.07. The van der Waals surface area contributed by atoms with Crippen LogP contribution in [0.25, 0.3) is 0 Å². The van der Waals surface area contributed by atoms with Crippen molar-refractivity contribution in [3.63, 3.8) is 0 Å². The zero-order valence-electron chi connectivity index (χ0n) is 10.7. The first kappa shape index (κ1) is 12.9. The maximum absolute atomic E-state index is 11.3. The molecule has 0 unspecified atom stereocenters. The summed E-state index contributed by atoms with van der Waals surface area (Å²) in [5, 5.41) is 0. The SMILES string of the molecule is Cc1nccn1CCOc1c(N)cccc1C(N)=O. The third-order valence-electron chi connectivity index (χ3n) is 2.81. The van der Waals surface area contributed by atoms with Crippen molar-refractivity contribution in [2.45, 2.75) is 13.5 Å². The number of para-hydroxylation sites is 1. The van der Waals surface area contributed by atoms with Crippen molar-refractivity contribution in [1.29, 1.82) is 0 Å². The summed E-state index contributed by atoms with van der Waals surface area (Å²) in [6, 6.07) is 4.93. The number of ether oxygens (including phenoxy) is 1. The van der Waals surface area contributed by atoms with E-state index in [4.69, 9.17) is 16.2 Å². The second-order valence-corrected chi connectivity index (χ2v) is 4.10. The van der Waals surface area contributed by atoms with Crippen LogP contribution < -0.4 is 16.2 Å². The number of primary amides is 1. The van der Waals surface area contributed by atoms with Crippen LogP contribution in [-0.4, -0.2) is 22.1 Å². The third-order valence-corrected chi connectivity index (χ3v) is 2.81. The van der Waals surface area contributed by atoms with E-state index in [0.29, 0.717) is 30.2 Å². The van der Waals surface area contributed by atoms with E-state index in [-0.39, 0.29) is 0 Å². The van der Waals surface area contributed by atoms with E-state index >= 15 is 0 Å². The lowest BCUT2D eigenvalue weighted by Crippen LogP contribution is -2.16. The number of rotatable bonds is 5. The lowest BCUT2D eigenvalue weighted by atomic mass is 10.1. The minimum absolute atomic E-state index is 0.294. The van der Waals surface area contributed by atoms with Gasteiger partial charge in [0.2, 0.25) is 0 Å². The second-order valence-electron chi connectivity index (χ2n) is 4.10. The van der Waals surface area contributed by atoms with E-state index in [1.165, 1.54) is 0 Å². The first-order valence-electron chi connectivity index (χ1n) is 5.88. The number of imidazole rings is 1. The second kappa shape index (κ2) is 5.43. The Morgan fingerprint density at radius 2 is 2.26 bits per heavy atom. The van der Waals surface area contributed by atoms with Gasteiger partial charge >= 0.3 is 0 Å². The number of carbonyl (C=O) groups excluding carboxylic acids is 1. The maximum Gasteiger partial charge on any atom is 0.252 e. The van der Waals surface area contributed by atoms with Crippen LogP contribution in [0.15, 0.2) is 30.6 Å². The van der Waals surface area contributed by atoms with Gasteiger partial charge in [-0.2, -0.15) is 0 Å². The molecule has 6 heteroatoms. The van der Waals surface area contributed by atoms with Crippen molar-refractivity contribution in [3.8, 4) is 5.75 Å². The summed E-state index contributed by atoms with van der Waals surface area (Å²) in [7, 11) is 0. The third kappa shape index (κ3) is 2.85. The molecule has 1 amide bonds. The Morgan fingerprint density at radius 3 is 2.89 bits per heavy atom. The first-order valence-corrected chi connectivity index (χ1v) is 5.88. The number of hydrogen-bond donors (Lipinski definition) is 2. The lowest BCUT2D eigenvalue weighted by Gasteiger charge is -2.12. The van der Waals surface area contributed by atoms with Crippen molar-refractivity contribution in [1.82, 2.24) is 9.55 Å². The smallest absolute Gasteiger partial charge is 0.252 e. The molecule has 2 rings (SSSR count). The van der Waals surface area contributed by atoms with Gasteiger partial charge in [0.15, 0.2) is 5.75 Å². The minimum atomic E-state index is -0.555. The summed E-state index contributed by atoms with van der Waals surface area (Å²) in [5.41, 5.74) is 11.8. The van der Waals surface area contributed by atoms with Crippen molar-refractivity contribution >= 4 is 11.6 Å². The zero-order valence-corrected chi connectivity index (χ0v) is 10.7. The number of nitrogens with two attached hydrogens (primary N) is 2. The summed E-state index contributed by atoms with van der Waals surface area (Å²) in [5.74, 6) is 0.689. The van der Waals surface area contributed by atoms with Crippen LogP contribution in [0.2, 0.25) is 0 Å². The fraction of sp³-hybridized carbons (Fsp3) is 0.231. The highest BCUT2D eigenvalue weighted by Crippen LogP contribution is 2.25. The fourth-order valence-electron chi connectivity index (χ4n) is 1.80. The van der Waals surface area contributed by atoms with Gasteiger partial charge in [0.05, 0.1) is 17.8 Å². The molecule has 1 aromatic heterocycles. The maximum atomic E-state index is 11.3. The van der Waals surface area contributed by atoms with Gasteiger partial charge in [0.25, 0.3) is 5.91 Å². The van der Waals surface area contributed by atoms with Crippen molar-refractivity contribution in [2.75, 3.05) is 12.3 Å². The first-order chi connectivity index (χ1) is 9.09. The van der Waals surface area contributed by atoms with Crippen LogP contribution >= 0.6 is 0 Å². The van der Waals surface area contributed by atoms with Crippen molar-refractivity contribution < 1.29 is 9.53 Å². The average Bonchev–Trinajstić information content (AvgIpc) is 2.77. The van der Waals surface area contributed by atoms with E-state index in [2.05, 4.69) is 4.98 Å². The van der Waals surface area contributed by atoms with Gasteiger partial charge in [-0.15, -0.1) is 0 Å². The molecule has 0 aliphatic rings. The Hall–Kier alpha value is -2.50. The topological polar surface area (TPSA) is 96.2 Å². The number of amides is 1. The molecule has 0 saturated carbocycles. The van der Waals surface area contributed by atoms with E-state index < -0.39 is 5.91 Å². The van der Waals surface area contributed by atoms with Gasteiger partial charge in [-0.1, -0.05) is 6.07 Å². The molecule has 0 fully saturated rings. The van der Waals surface area contributed by atoms with Crippen LogP contribution in [0.5, 0.6) is 5.75 Å². The number of carbonyl (C=O) groups is 1. The molecule has 0 radical (unpaired) electrons. The Morgan fingerprint density at radius 1 is 1.47 bits per heavy atom. The van der Waals surface area contributed by atoms with Gasteiger partial charge in [-0.05, 0) is 19.1 Å². The standard InChI is InChI=1S/C13H16N4O2/c1-9-16-5-6-17(9)7-8-19-12-10(13(15)18)3-2-4-11(12)14/h2-6H,7-8,14H2,1H3,(H2,15,18). The number of nitrogen functional groups attached to an aromatic ring is 1. The van der Waals surface area contributed by atoms with E-state index in [9.17, 15) is 4.79 Å². The van der Waals surface area contributed by atoms with E-state index in [1.807, 2.05) is 17.7 Å². The molecule has 0 bridgehead atoms. The molecule has 2 aromatic rings. The van der Waals surface area contributed by atoms with Crippen LogP contribution in [0.1, 0.15) is 16.2 Å². The van der Waals surface area contributed by atoms with E-state index in [0.717, 1.165) is 5.82 Å². The predicted octanol–water partition coefficient (Wildman–Crippen LogP) is 0.952. The average molecular weight is 260 g/mol. The highest BCUT2D eigenvalue weighted by molar-refractivity contribution is 5.97. The number of aryl methyl sites for hydroxylation is 1. The van der Waals surface area contributed by atoms with Crippen LogP contribution in [0, 0.1) is 6.92 Å². The predicted molar refractivity (Wildman–Crippen MR) is 71.8 cm³/mol. The number of benzene rings is 1. The molecular formula is C13H16N4O2. The van der Waals surface area contributed by atoms with Gasteiger partial charge in [0, 0.05) is 12.4 Å². The van der Waals surface area contributed by atoms with Gasteiger partial charge in [0.1, 0.15) is 12.4 Å². The van der Waals surface area contributed by atoms with Crippen molar-refractivity contribution in [3.05, 3.63) is 42.0 Å². The molecular weight excluding hydrogens is 244 g/mol. The monoisotopic (exact) mass is 260 g/mol. The minimum Gasteiger partial charge on any atom is -0.489 e. The molecule has 6 nitrogen and oxygen atoms in total. The Bertz CT molecular complexity index is 592. The summed E-state index contributed by atoms with van der Waals surface area (Å²) >= 11 is 0. The molecule has 0 saturated heterocycles. The molecule has 0 spiro atoms. The number of nitrogens with zero attached hydrogens (tertiary/aromatic N) is 2. The number of hydrogen-bond acceptors (Lipinski definition) is 4. The summed E-state index contributed by atoms with van der Waals surface area (Å²) in [6.45, 7) is 2.91. The normalized spacial score (nSPS) is 10.4. The molecule has 0 aliphatic carbocycles. The molecule has 100 valence electrons. The molecule has 1 heterocycles. The molecule has 4 N–H and O–H groups in total. The lowest BCUT2D eigenvalue weighted by molar-refractivity contribution is 0.0996. The van der Waals surface area contributed by atoms with Gasteiger partial charge in [-0.25, -0.2) is 4.98 Å². The summed E-state index contributed by atoms with van der Waals surface area (Å²) in [4.78, 5) is 15.4. The van der Waals surface area contributed by atoms with Crippen molar-refractivity contribution in [2.24, 2.45) is 5.73 Å². The number of anilines is 1. The zero-order chi connectivity index (χ0) is 13.8. The number of aromatic nitrogens is 2. The molecule has 19 heavy (non-hydrogen) atoms. The quantitative estimate of drug-likeness (QED) is 0.782. The molecule has 1 aromatic carbocycles. The largest absolute Gasteiger partial charge is 0.489 e. The van der Waals surface area contributed by atoms with Gasteiger partial charge < -0.3 is 20.8 Å². The summed E-state index contributed by atoms with van der Waals surface area (Å²) < 4.78 is 7.53. The molecule has 0 aliphatic heterocycles. The Kier molecular flexibility index (Phi) is 3.70. The highest BCUT2D eigenvalue weighted by atomic mass is 16.5. The van der Waals surface area contributed by atoms with E-state index in [1.54, 1.807) is 24.4 Å².